The number of para-hydroxylation sites is 1. The van der Waals surface area contributed by atoms with E-state index in [1.807, 2.05) is 54.7 Å². The van der Waals surface area contributed by atoms with Gasteiger partial charge in [0.25, 0.3) is 5.56 Å². The number of aromatic nitrogens is 5. The average molecular weight is 446 g/mol. The Labute approximate surface area is 187 Å². The quantitative estimate of drug-likeness (QED) is 0.382. The average Bonchev–Trinajstić information content (AvgIpc) is 3.26. The van der Waals surface area contributed by atoms with E-state index in [0.717, 1.165) is 15.9 Å². The van der Waals surface area contributed by atoms with Crippen LogP contribution >= 0.6 is 12.2 Å². The van der Waals surface area contributed by atoms with Gasteiger partial charge >= 0.3 is 0 Å². The van der Waals surface area contributed by atoms with Crippen LogP contribution in [0.1, 0.15) is 11.3 Å². The molecule has 0 atom stereocenters. The summed E-state index contributed by atoms with van der Waals surface area (Å²) in [6.07, 6.45) is 3.40. The fraction of sp³-hybridized carbons (Fsp3) is 0.136. The molecular weight excluding hydrogens is 428 g/mol. The van der Waals surface area contributed by atoms with Crippen molar-refractivity contribution in [2.45, 2.75) is 6.92 Å². The molecule has 0 unspecified atom stereocenters. The number of hydrogen-bond donors (Lipinski definition) is 1. The molecule has 2 aromatic carbocycles. The Morgan fingerprint density at radius 1 is 1.12 bits per heavy atom. The van der Waals surface area contributed by atoms with Gasteiger partial charge in [0.2, 0.25) is 4.77 Å². The van der Waals surface area contributed by atoms with Gasteiger partial charge in [-0.25, -0.2) is 4.68 Å². The summed E-state index contributed by atoms with van der Waals surface area (Å²) in [5.41, 5.74) is 2.96. The van der Waals surface area contributed by atoms with Gasteiger partial charge in [-0.1, -0.05) is 18.2 Å². The fourth-order valence-electron chi connectivity index (χ4n) is 3.31. The molecule has 1 aliphatic rings. The maximum absolute atomic E-state index is 12.4. The van der Waals surface area contributed by atoms with E-state index in [-0.39, 0.29) is 16.0 Å². The van der Waals surface area contributed by atoms with E-state index < -0.39 is 0 Å². The van der Waals surface area contributed by atoms with Crippen LogP contribution in [0, 0.1) is 11.7 Å². The monoisotopic (exact) mass is 446 g/mol. The minimum atomic E-state index is -0.388. The Balaban J connectivity index is 1.63. The molecule has 0 spiro atoms. The standard InChI is InChI=1S/C22H18N6O3S/c1-14-21(29)28(22(32)25-24-14)23-12-16-13-27(17-5-3-2-4-6-17)26-20(16)15-7-8-18-19(11-15)31-10-9-30-18/h2-8,11-13H,9-10H2,1H3,(H,25,32). The van der Waals surface area contributed by atoms with Crippen LogP contribution in [0.3, 0.4) is 0 Å². The van der Waals surface area contributed by atoms with Gasteiger partial charge in [0.1, 0.15) is 24.6 Å². The SMILES string of the molecule is Cc1n[nH]c(=S)n(N=Cc2cn(-c3ccccc3)nc2-c2ccc3c(c2)OCCO3)c1=O. The van der Waals surface area contributed by atoms with Crippen molar-refractivity contribution in [1.29, 1.82) is 0 Å². The molecule has 9 nitrogen and oxygen atoms in total. The summed E-state index contributed by atoms with van der Waals surface area (Å²) in [7, 11) is 0. The Hall–Kier alpha value is -4.05. The second kappa shape index (κ2) is 8.23. The number of nitrogens with one attached hydrogen (secondary N) is 1. The summed E-state index contributed by atoms with van der Waals surface area (Å²) in [5.74, 6) is 1.36. The first-order valence-electron chi connectivity index (χ1n) is 9.88. The molecule has 0 bridgehead atoms. The van der Waals surface area contributed by atoms with Crippen molar-refractivity contribution < 1.29 is 9.47 Å². The molecule has 0 saturated heterocycles. The van der Waals surface area contributed by atoms with E-state index in [4.69, 9.17) is 26.8 Å². The fourth-order valence-corrected chi connectivity index (χ4v) is 3.48. The van der Waals surface area contributed by atoms with E-state index in [1.54, 1.807) is 17.8 Å². The molecule has 1 aliphatic heterocycles. The molecule has 0 fully saturated rings. The minimum Gasteiger partial charge on any atom is -0.486 e. The summed E-state index contributed by atoms with van der Waals surface area (Å²) in [6.45, 7) is 2.60. The van der Waals surface area contributed by atoms with Crippen LogP contribution in [-0.2, 0) is 0 Å². The second-order valence-electron chi connectivity index (χ2n) is 7.05. The molecule has 2 aromatic heterocycles. The third-order valence-corrected chi connectivity index (χ3v) is 5.17. The molecule has 1 N–H and O–H groups in total. The van der Waals surface area contributed by atoms with Crippen molar-refractivity contribution in [1.82, 2.24) is 24.7 Å². The Kier molecular flexibility index (Phi) is 5.12. The first-order chi connectivity index (χ1) is 15.6. The normalized spacial score (nSPS) is 12.9. The maximum Gasteiger partial charge on any atom is 0.296 e. The van der Waals surface area contributed by atoms with Crippen molar-refractivity contribution >= 4 is 18.4 Å². The third-order valence-electron chi connectivity index (χ3n) is 4.90. The summed E-state index contributed by atoms with van der Waals surface area (Å²) in [6, 6.07) is 15.4. The van der Waals surface area contributed by atoms with E-state index >= 15 is 0 Å². The van der Waals surface area contributed by atoms with E-state index in [1.165, 1.54) is 0 Å². The van der Waals surface area contributed by atoms with Gasteiger partial charge in [-0.2, -0.15) is 20.0 Å². The van der Waals surface area contributed by atoms with E-state index in [0.29, 0.717) is 36.0 Å². The van der Waals surface area contributed by atoms with Gasteiger partial charge in [0, 0.05) is 17.3 Å². The first-order valence-corrected chi connectivity index (χ1v) is 10.3. The lowest BCUT2D eigenvalue weighted by Crippen LogP contribution is -2.22. The second-order valence-corrected chi connectivity index (χ2v) is 7.43. The third kappa shape index (κ3) is 3.71. The Morgan fingerprint density at radius 3 is 2.72 bits per heavy atom. The van der Waals surface area contributed by atoms with E-state index in [2.05, 4.69) is 15.3 Å². The predicted octanol–water partition coefficient (Wildman–Crippen LogP) is 3.12. The van der Waals surface area contributed by atoms with Crippen molar-refractivity contribution in [2.24, 2.45) is 5.10 Å². The molecule has 160 valence electrons. The largest absolute Gasteiger partial charge is 0.486 e. The number of nitrogens with zero attached hydrogens (tertiary/aromatic N) is 5. The van der Waals surface area contributed by atoms with Gasteiger partial charge in [-0.15, -0.1) is 0 Å². The first kappa shape index (κ1) is 19.9. The van der Waals surface area contributed by atoms with Gasteiger partial charge < -0.3 is 9.47 Å². The number of hydrogen-bond acceptors (Lipinski definition) is 7. The molecule has 0 saturated carbocycles. The lowest BCUT2D eigenvalue weighted by atomic mass is 10.1. The highest BCUT2D eigenvalue weighted by Crippen LogP contribution is 2.35. The summed E-state index contributed by atoms with van der Waals surface area (Å²) < 4.78 is 14.3. The molecule has 3 heterocycles. The molecule has 5 rings (SSSR count). The van der Waals surface area contributed by atoms with E-state index in [9.17, 15) is 4.79 Å². The number of ether oxygens (including phenoxy) is 2. The van der Waals surface area contributed by atoms with Crippen LogP contribution < -0.4 is 15.0 Å². The minimum absolute atomic E-state index is 0.105. The van der Waals surface area contributed by atoms with Crippen LogP contribution in [0.15, 0.2) is 64.6 Å². The zero-order valence-electron chi connectivity index (χ0n) is 17.1. The Morgan fingerprint density at radius 2 is 1.91 bits per heavy atom. The van der Waals surface area contributed by atoms with Gasteiger partial charge in [0.05, 0.1) is 11.9 Å². The van der Waals surface area contributed by atoms with Gasteiger partial charge in [0.15, 0.2) is 11.5 Å². The summed E-state index contributed by atoms with van der Waals surface area (Å²) >= 11 is 5.17. The number of benzene rings is 2. The number of rotatable bonds is 4. The molecule has 32 heavy (non-hydrogen) atoms. The highest BCUT2D eigenvalue weighted by atomic mass is 32.1. The van der Waals surface area contributed by atoms with Crippen molar-refractivity contribution in [2.75, 3.05) is 13.2 Å². The number of aryl methyl sites for hydroxylation is 1. The van der Waals surface area contributed by atoms with Crippen LogP contribution in [0.25, 0.3) is 16.9 Å². The predicted molar refractivity (Wildman–Crippen MR) is 121 cm³/mol. The van der Waals surface area contributed by atoms with Gasteiger partial charge in [-0.3, -0.25) is 9.89 Å². The molecule has 10 heteroatoms. The van der Waals surface area contributed by atoms with Crippen molar-refractivity contribution in [3.8, 4) is 28.4 Å². The Bertz CT molecular complexity index is 1440. The highest BCUT2D eigenvalue weighted by Gasteiger charge is 2.17. The lowest BCUT2D eigenvalue weighted by molar-refractivity contribution is 0.171. The number of fused-ring (bicyclic) bond motifs is 1. The molecule has 4 aromatic rings. The number of aromatic amines is 1. The maximum atomic E-state index is 12.4. The summed E-state index contributed by atoms with van der Waals surface area (Å²) in [4.78, 5) is 12.4. The lowest BCUT2D eigenvalue weighted by Gasteiger charge is -2.18. The van der Waals surface area contributed by atoms with Crippen LogP contribution in [0.4, 0.5) is 0 Å². The van der Waals surface area contributed by atoms with Crippen LogP contribution in [0.5, 0.6) is 11.5 Å². The van der Waals surface area contributed by atoms with Gasteiger partial charge in [-0.05, 0) is 49.5 Å². The topological polar surface area (TPSA) is 99.3 Å². The molecule has 0 amide bonds. The van der Waals surface area contributed by atoms with Crippen LogP contribution in [0.2, 0.25) is 0 Å². The zero-order chi connectivity index (χ0) is 22.1. The summed E-state index contributed by atoms with van der Waals surface area (Å²) in [5, 5.41) is 15.6. The molecule has 0 aliphatic carbocycles. The molecular formula is C22H18N6O3S. The van der Waals surface area contributed by atoms with Crippen molar-refractivity contribution in [3.63, 3.8) is 0 Å². The highest BCUT2D eigenvalue weighted by molar-refractivity contribution is 7.71. The smallest absolute Gasteiger partial charge is 0.296 e. The van der Waals surface area contributed by atoms with Crippen molar-refractivity contribution in [3.05, 3.63) is 81.1 Å². The van der Waals surface area contributed by atoms with Crippen LogP contribution in [-0.4, -0.2) is 44.1 Å². The number of H-pyrrole nitrogens is 1. The molecule has 0 radical (unpaired) electrons. The zero-order valence-corrected chi connectivity index (χ0v) is 17.9.